The van der Waals surface area contributed by atoms with Crippen LogP contribution >= 0.6 is 0 Å². The number of hydrogen-bond donors (Lipinski definition) is 1. The maximum Gasteiger partial charge on any atom is 0.134 e. The molecule has 1 rings (SSSR count). The molecule has 1 atom stereocenters. The van der Waals surface area contributed by atoms with Gasteiger partial charge >= 0.3 is 0 Å². The Bertz CT molecular complexity index is 159. The Hall–Kier alpha value is -0.630. The van der Waals surface area contributed by atoms with E-state index >= 15 is 0 Å². The molecule has 0 aromatic heterocycles. The number of Topliss-reactive ketones (excluding diaryl/α,β-unsaturated/α-hetero) is 1. The summed E-state index contributed by atoms with van der Waals surface area (Å²) in [6.07, 6.45) is 6.40. The maximum absolute atomic E-state index is 11.3. The molecule has 2 nitrogen and oxygen atoms in total. The Kier molecular flexibility index (Phi) is 4.01. The van der Waals surface area contributed by atoms with Crippen molar-refractivity contribution in [2.75, 3.05) is 6.54 Å². The first-order valence-corrected chi connectivity index (χ1v) is 4.69. The largest absolute Gasteiger partial charge is 0.314 e. The minimum Gasteiger partial charge on any atom is -0.314 e. The standard InChI is InChI=1S/C10H17NO/c1-2-3-6-10(12)8-9-5-4-7-11-9/h2,9,11H,1,3-8H2. The molecule has 0 bridgehead atoms. The first-order chi connectivity index (χ1) is 5.83. The Morgan fingerprint density at radius 3 is 3.08 bits per heavy atom. The second-order valence-corrected chi connectivity index (χ2v) is 3.36. The second-order valence-electron chi connectivity index (χ2n) is 3.36. The molecule has 2 heteroatoms. The zero-order chi connectivity index (χ0) is 8.81. The average Bonchev–Trinajstić information content (AvgIpc) is 2.53. The molecule has 0 spiro atoms. The number of hydrogen-bond acceptors (Lipinski definition) is 2. The van der Waals surface area contributed by atoms with E-state index in [1.165, 1.54) is 12.8 Å². The van der Waals surface area contributed by atoms with Crippen molar-refractivity contribution in [3.05, 3.63) is 12.7 Å². The van der Waals surface area contributed by atoms with E-state index in [9.17, 15) is 4.79 Å². The topological polar surface area (TPSA) is 29.1 Å². The van der Waals surface area contributed by atoms with Crippen molar-refractivity contribution in [1.29, 1.82) is 0 Å². The molecule has 1 aliphatic heterocycles. The van der Waals surface area contributed by atoms with Crippen LogP contribution in [0, 0.1) is 0 Å². The summed E-state index contributed by atoms with van der Waals surface area (Å²) in [4.78, 5) is 11.3. The molecule has 0 saturated carbocycles. The molecule has 1 heterocycles. The van der Waals surface area contributed by atoms with E-state index in [0.29, 0.717) is 24.7 Å². The fraction of sp³-hybridized carbons (Fsp3) is 0.700. The number of nitrogens with one attached hydrogen (secondary N) is 1. The predicted molar refractivity (Wildman–Crippen MR) is 50.1 cm³/mol. The van der Waals surface area contributed by atoms with Crippen LogP contribution in [0.2, 0.25) is 0 Å². The summed E-state index contributed by atoms with van der Waals surface area (Å²) in [5, 5.41) is 3.32. The SMILES string of the molecule is C=CCCC(=O)CC1CCCN1. The van der Waals surface area contributed by atoms with Crippen LogP contribution < -0.4 is 5.32 Å². The van der Waals surface area contributed by atoms with Crippen LogP contribution in [0.1, 0.15) is 32.1 Å². The summed E-state index contributed by atoms with van der Waals surface area (Å²) in [6.45, 7) is 4.68. The van der Waals surface area contributed by atoms with Gasteiger partial charge in [-0.2, -0.15) is 0 Å². The van der Waals surface area contributed by atoms with Gasteiger partial charge in [0.2, 0.25) is 0 Å². The van der Waals surface area contributed by atoms with Crippen LogP contribution in [0.3, 0.4) is 0 Å². The smallest absolute Gasteiger partial charge is 0.134 e. The van der Waals surface area contributed by atoms with Crippen LogP contribution in [0.5, 0.6) is 0 Å². The third-order valence-electron chi connectivity index (χ3n) is 2.26. The summed E-state index contributed by atoms with van der Waals surface area (Å²) >= 11 is 0. The van der Waals surface area contributed by atoms with Gasteiger partial charge in [-0.1, -0.05) is 6.08 Å². The molecular weight excluding hydrogens is 150 g/mol. The number of allylic oxidation sites excluding steroid dienone is 1. The van der Waals surface area contributed by atoms with E-state index in [1.54, 1.807) is 6.08 Å². The first-order valence-electron chi connectivity index (χ1n) is 4.69. The summed E-state index contributed by atoms with van der Waals surface area (Å²) in [5.41, 5.74) is 0. The van der Waals surface area contributed by atoms with Gasteiger partial charge in [0.15, 0.2) is 0 Å². The summed E-state index contributed by atoms with van der Waals surface area (Å²) in [7, 11) is 0. The molecule has 1 aliphatic rings. The van der Waals surface area contributed by atoms with Gasteiger partial charge in [-0.05, 0) is 25.8 Å². The van der Waals surface area contributed by atoms with Gasteiger partial charge in [0.05, 0.1) is 0 Å². The molecule has 0 aromatic rings. The lowest BCUT2D eigenvalue weighted by Gasteiger charge is -2.07. The Balaban J connectivity index is 2.11. The molecule has 1 unspecified atom stereocenters. The van der Waals surface area contributed by atoms with Crippen molar-refractivity contribution in [2.45, 2.75) is 38.1 Å². The van der Waals surface area contributed by atoms with Gasteiger partial charge < -0.3 is 5.32 Å². The summed E-state index contributed by atoms with van der Waals surface area (Å²) in [6, 6.07) is 0.460. The van der Waals surface area contributed by atoms with Gasteiger partial charge in [-0.3, -0.25) is 4.79 Å². The number of carbonyl (C=O) groups excluding carboxylic acids is 1. The highest BCUT2D eigenvalue weighted by atomic mass is 16.1. The molecule has 0 aromatic carbocycles. The van der Waals surface area contributed by atoms with Crippen molar-refractivity contribution in [1.82, 2.24) is 5.32 Å². The molecule has 1 saturated heterocycles. The summed E-state index contributed by atoms with van der Waals surface area (Å²) < 4.78 is 0. The zero-order valence-corrected chi connectivity index (χ0v) is 7.51. The van der Waals surface area contributed by atoms with Gasteiger partial charge in [0, 0.05) is 18.9 Å². The molecular formula is C10H17NO. The van der Waals surface area contributed by atoms with Crippen LogP contribution in [-0.2, 0) is 4.79 Å². The van der Waals surface area contributed by atoms with Gasteiger partial charge in [0.25, 0.3) is 0 Å². The maximum atomic E-state index is 11.3. The molecule has 12 heavy (non-hydrogen) atoms. The van der Waals surface area contributed by atoms with Crippen LogP contribution in [-0.4, -0.2) is 18.4 Å². The van der Waals surface area contributed by atoms with Crippen molar-refractivity contribution >= 4 is 5.78 Å². The van der Waals surface area contributed by atoms with Crippen LogP contribution in [0.4, 0.5) is 0 Å². The quantitative estimate of drug-likeness (QED) is 0.631. The molecule has 0 radical (unpaired) electrons. The highest BCUT2D eigenvalue weighted by Gasteiger charge is 2.16. The predicted octanol–water partition coefficient (Wildman–Crippen LogP) is 1.66. The van der Waals surface area contributed by atoms with Gasteiger partial charge in [-0.25, -0.2) is 0 Å². The van der Waals surface area contributed by atoms with E-state index in [1.807, 2.05) is 0 Å². The van der Waals surface area contributed by atoms with Gasteiger partial charge in [0.1, 0.15) is 5.78 Å². The second kappa shape index (κ2) is 5.09. The van der Waals surface area contributed by atoms with Crippen molar-refractivity contribution < 1.29 is 4.79 Å². The van der Waals surface area contributed by atoms with Crippen molar-refractivity contribution in [3.63, 3.8) is 0 Å². The lowest BCUT2D eigenvalue weighted by atomic mass is 10.1. The molecule has 0 aliphatic carbocycles. The fourth-order valence-electron chi connectivity index (χ4n) is 1.57. The van der Waals surface area contributed by atoms with E-state index in [4.69, 9.17) is 0 Å². The van der Waals surface area contributed by atoms with Crippen LogP contribution in [0.25, 0.3) is 0 Å². The molecule has 1 N–H and O–H groups in total. The highest BCUT2D eigenvalue weighted by Crippen LogP contribution is 2.10. The lowest BCUT2D eigenvalue weighted by Crippen LogP contribution is -2.24. The fourth-order valence-corrected chi connectivity index (χ4v) is 1.57. The van der Waals surface area contributed by atoms with E-state index in [0.717, 1.165) is 13.0 Å². The molecule has 0 amide bonds. The summed E-state index contributed by atoms with van der Waals surface area (Å²) in [5.74, 6) is 0.370. The van der Waals surface area contributed by atoms with Crippen molar-refractivity contribution in [3.8, 4) is 0 Å². The Morgan fingerprint density at radius 1 is 1.67 bits per heavy atom. The number of ketones is 1. The minimum absolute atomic E-state index is 0.370. The minimum atomic E-state index is 0.370. The molecule has 1 fully saturated rings. The van der Waals surface area contributed by atoms with E-state index in [-0.39, 0.29) is 0 Å². The highest BCUT2D eigenvalue weighted by molar-refractivity contribution is 5.79. The first kappa shape index (κ1) is 9.46. The lowest BCUT2D eigenvalue weighted by molar-refractivity contribution is -0.119. The normalized spacial score (nSPS) is 22.5. The third-order valence-corrected chi connectivity index (χ3v) is 2.26. The zero-order valence-electron chi connectivity index (χ0n) is 7.51. The monoisotopic (exact) mass is 167 g/mol. The van der Waals surface area contributed by atoms with Crippen molar-refractivity contribution in [2.24, 2.45) is 0 Å². The Labute approximate surface area is 74.0 Å². The van der Waals surface area contributed by atoms with E-state index < -0.39 is 0 Å². The van der Waals surface area contributed by atoms with Crippen LogP contribution in [0.15, 0.2) is 12.7 Å². The van der Waals surface area contributed by atoms with E-state index in [2.05, 4.69) is 11.9 Å². The van der Waals surface area contributed by atoms with Gasteiger partial charge in [-0.15, -0.1) is 6.58 Å². The third kappa shape index (κ3) is 3.18. The molecule has 68 valence electrons. The number of rotatable bonds is 5. The number of carbonyl (C=O) groups is 1. The average molecular weight is 167 g/mol. The Morgan fingerprint density at radius 2 is 2.50 bits per heavy atom.